The maximum atomic E-state index is 11.3. The fraction of sp³-hybridized carbons (Fsp3) is 0.870. The minimum absolute atomic E-state index is 0.0273. The van der Waals surface area contributed by atoms with E-state index in [1.165, 1.54) is 77.0 Å². The Bertz CT molecular complexity index is 392. The molecule has 0 aromatic rings. The summed E-state index contributed by atoms with van der Waals surface area (Å²) in [5.41, 5.74) is 0. The van der Waals surface area contributed by atoms with Crippen molar-refractivity contribution in [2.24, 2.45) is 0 Å². The Balaban J connectivity index is 0. The molecule has 0 atom stereocenters. The summed E-state index contributed by atoms with van der Waals surface area (Å²) >= 11 is 0. The number of esters is 1. The smallest absolute Gasteiger partial charge is 0.306 e. The summed E-state index contributed by atoms with van der Waals surface area (Å²) in [7, 11) is 0. The second kappa shape index (κ2) is 22.7. The number of carbonyl (C=O) groups excluding carboxylic acids is 1. The number of hydrogen-bond acceptors (Lipinski definition) is 4. The lowest BCUT2D eigenvalue weighted by Gasteiger charge is -2.07. The van der Waals surface area contributed by atoms with Crippen LogP contribution in [0.5, 0.6) is 0 Å². The van der Waals surface area contributed by atoms with Crippen LogP contribution < -0.4 is 0 Å². The number of carboxylic acid groups (broad SMARTS) is 2. The largest absolute Gasteiger partial charge is 0.481 e. The van der Waals surface area contributed by atoms with Gasteiger partial charge in [0.25, 0.3) is 0 Å². The summed E-state index contributed by atoms with van der Waals surface area (Å²) in [6.07, 6.45) is 17.4. The molecule has 0 radical (unpaired) electrons. The monoisotopic (exact) mass is 416 g/mol. The molecule has 0 fully saturated rings. The number of carboxylic acids is 2. The molecule has 0 aromatic heterocycles. The average molecular weight is 417 g/mol. The summed E-state index contributed by atoms with van der Waals surface area (Å²) in [5, 5.41) is 15.8. The maximum absolute atomic E-state index is 11.3. The zero-order valence-corrected chi connectivity index (χ0v) is 18.9. The minimum Gasteiger partial charge on any atom is -0.481 e. The van der Waals surface area contributed by atoms with Crippen molar-refractivity contribution in [3.63, 3.8) is 0 Å². The highest BCUT2D eigenvalue weighted by Crippen LogP contribution is 2.13. The Morgan fingerprint density at radius 2 is 0.966 bits per heavy atom. The van der Waals surface area contributed by atoms with Crippen LogP contribution in [-0.4, -0.2) is 34.2 Å². The van der Waals surface area contributed by atoms with Crippen LogP contribution in [0.1, 0.15) is 124 Å². The minimum atomic E-state index is -1.08. The summed E-state index contributed by atoms with van der Waals surface area (Å²) < 4.78 is 5.12. The highest BCUT2D eigenvalue weighted by molar-refractivity contribution is 5.75. The molecule has 29 heavy (non-hydrogen) atoms. The molecule has 0 aromatic carbocycles. The molecule has 0 bridgehead atoms. The van der Waals surface area contributed by atoms with Gasteiger partial charge in [-0.15, -0.1) is 0 Å². The van der Waals surface area contributed by atoms with Crippen LogP contribution in [0.2, 0.25) is 0 Å². The van der Waals surface area contributed by atoms with E-state index in [4.69, 9.17) is 14.9 Å². The quantitative estimate of drug-likeness (QED) is 0.199. The second-order valence-corrected chi connectivity index (χ2v) is 7.82. The lowest BCUT2D eigenvalue weighted by Crippen LogP contribution is -2.10. The first-order valence-electron chi connectivity index (χ1n) is 11.4. The van der Waals surface area contributed by atoms with Gasteiger partial charge in [0, 0.05) is 6.42 Å². The molecule has 0 aliphatic rings. The van der Waals surface area contributed by atoms with E-state index in [-0.39, 0.29) is 24.9 Å². The van der Waals surface area contributed by atoms with Gasteiger partial charge in [-0.05, 0) is 20.3 Å². The predicted molar refractivity (Wildman–Crippen MR) is 116 cm³/mol. The van der Waals surface area contributed by atoms with Gasteiger partial charge in [-0.3, -0.25) is 14.4 Å². The first-order valence-corrected chi connectivity index (χ1v) is 11.4. The Hall–Kier alpha value is -1.59. The van der Waals surface area contributed by atoms with Crippen molar-refractivity contribution in [3.05, 3.63) is 0 Å². The van der Waals surface area contributed by atoms with Crippen LogP contribution in [0.3, 0.4) is 0 Å². The summed E-state index contributed by atoms with van der Waals surface area (Å²) in [6, 6.07) is 0. The molecule has 6 nitrogen and oxygen atoms in total. The van der Waals surface area contributed by atoms with E-state index in [2.05, 4.69) is 6.92 Å². The van der Waals surface area contributed by atoms with Crippen molar-refractivity contribution in [1.29, 1.82) is 0 Å². The van der Waals surface area contributed by atoms with Gasteiger partial charge in [0.1, 0.15) is 0 Å². The van der Waals surface area contributed by atoms with Crippen LogP contribution in [0.25, 0.3) is 0 Å². The third-order valence-electron chi connectivity index (χ3n) is 4.40. The topological polar surface area (TPSA) is 101 Å². The third kappa shape index (κ3) is 31.3. The van der Waals surface area contributed by atoms with Crippen molar-refractivity contribution < 1.29 is 29.3 Å². The Morgan fingerprint density at radius 3 is 1.28 bits per heavy atom. The highest BCUT2D eigenvalue weighted by Gasteiger charge is 2.04. The molecule has 2 N–H and O–H groups in total. The summed E-state index contributed by atoms with van der Waals surface area (Å²) in [4.78, 5) is 30.6. The normalized spacial score (nSPS) is 10.3. The van der Waals surface area contributed by atoms with E-state index in [1.54, 1.807) is 0 Å². The van der Waals surface area contributed by atoms with Crippen molar-refractivity contribution in [3.8, 4) is 0 Å². The van der Waals surface area contributed by atoms with Crippen molar-refractivity contribution in [2.75, 3.05) is 0 Å². The Morgan fingerprint density at radius 1 is 0.621 bits per heavy atom. The van der Waals surface area contributed by atoms with Gasteiger partial charge in [-0.1, -0.05) is 84.0 Å². The van der Waals surface area contributed by atoms with Crippen LogP contribution in [-0.2, 0) is 19.1 Å². The number of unbranched alkanes of at least 4 members (excludes halogenated alkanes) is 12. The molecule has 0 aliphatic heterocycles. The van der Waals surface area contributed by atoms with Crippen LogP contribution in [0.4, 0.5) is 0 Å². The lowest BCUT2D eigenvalue weighted by atomic mass is 10.0. The number of aliphatic carboxylic acids is 2. The van der Waals surface area contributed by atoms with E-state index in [1.807, 2.05) is 13.8 Å². The molecule has 0 amide bonds. The van der Waals surface area contributed by atoms with E-state index < -0.39 is 11.9 Å². The average Bonchev–Trinajstić information content (AvgIpc) is 2.63. The molecule has 6 heteroatoms. The van der Waals surface area contributed by atoms with Crippen molar-refractivity contribution >= 4 is 17.9 Å². The second-order valence-electron chi connectivity index (χ2n) is 7.82. The first-order chi connectivity index (χ1) is 13.8. The Labute approximate surface area is 177 Å². The molecule has 0 heterocycles. The van der Waals surface area contributed by atoms with E-state index >= 15 is 0 Å². The fourth-order valence-corrected chi connectivity index (χ4v) is 2.82. The van der Waals surface area contributed by atoms with Crippen LogP contribution in [0, 0.1) is 0 Å². The zero-order chi connectivity index (χ0) is 22.3. The van der Waals surface area contributed by atoms with E-state index in [0.717, 1.165) is 6.42 Å². The van der Waals surface area contributed by atoms with Gasteiger partial charge in [0.05, 0.1) is 18.9 Å². The summed E-state index contributed by atoms with van der Waals surface area (Å²) in [5.74, 6) is -2.19. The standard InChI is InChI=1S/C19H38O2.C4H6O4/c1-4-5-6-7-8-9-10-11-12-13-14-15-16-17-19(20)21-18(2)3;5-3(6)1-2-4(7)8/h18H,4-17H2,1-3H3;1-2H2,(H,5,6)(H,7,8). The molecule has 0 aliphatic carbocycles. The molecule has 0 spiro atoms. The molecule has 172 valence electrons. The SMILES string of the molecule is CCCCCCCCCCCCCCCC(=O)OC(C)C.O=C(O)CCC(=O)O. The molecule has 0 saturated heterocycles. The zero-order valence-electron chi connectivity index (χ0n) is 18.9. The van der Waals surface area contributed by atoms with Crippen LogP contribution in [0.15, 0.2) is 0 Å². The predicted octanol–water partition coefficient (Wildman–Crippen LogP) is 6.36. The number of hydrogen-bond donors (Lipinski definition) is 2. The fourth-order valence-electron chi connectivity index (χ4n) is 2.82. The molecular formula is C23H44O6. The van der Waals surface area contributed by atoms with Gasteiger partial charge in [-0.2, -0.15) is 0 Å². The van der Waals surface area contributed by atoms with Gasteiger partial charge in [-0.25, -0.2) is 0 Å². The van der Waals surface area contributed by atoms with Gasteiger partial charge >= 0.3 is 17.9 Å². The number of ether oxygens (including phenoxy) is 1. The van der Waals surface area contributed by atoms with Crippen molar-refractivity contribution in [2.45, 2.75) is 130 Å². The van der Waals surface area contributed by atoms with Gasteiger partial charge in [0.15, 0.2) is 0 Å². The molecule has 0 rings (SSSR count). The van der Waals surface area contributed by atoms with Gasteiger partial charge in [0.2, 0.25) is 0 Å². The molecule has 0 unspecified atom stereocenters. The number of rotatable bonds is 18. The third-order valence-corrected chi connectivity index (χ3v) is 4.40. The Kier molecular flexibility index (Phi) is 23.2. The van der Waals surface area contributed by atoms with E-state index in [9.17, 15) is 14.4 Å². The number of carbonyl (C=O) groups is 3. The molecule has 0 saturated carbocycles. The first kappa shape index (κ1) is 29.6. The summed E-state index contributed by atoms with van der Waals surface area (Å²) in [6.45, 7) is 6.08. The maximum Gasteiger partial charge on any atom is 0.306 e. The van der Waals surface area contributed by atoms with Crippen molar-refractivity contribution in [1.82, 2.24) is 0 Å². The lowest BCUT2D eigenvalue weighted by molar-refractivity contribution is -0.147. The van der Waals surface area contributed by atoms with Crippen LogP contribution >= 0.6 is 0 Å². The molecular weight excluding hydrogens is 372 g/mol. The van der Waals surface area contributed by atoms with Gasteiger partial charge < -0.3 is 14.9 Å². The highest BCUT2D eigenvalue weighted by atomic mass is 16.5. The van der Waals surface area contributed by atoms with E-state index in [0.29, 0.717) is 6.42 Å².